The summed E-state index contributed by atoms with van der Waals surface area (Å²) >= 11 is 0. The molecule has 0 amide bonds. The van der Waals surface area contributed by atoms with E-state index in [2.05, 4.69) is 26.3 Å². The summed E-state index contributed by atoms with van der Waals surface area (Å²) in [4.78, 5) is 13.5. The number of pyridine rings is 1. The average molecular weight is 498 g/mol. The molecule has 3 aromatic rings. The molecule has 2 aliphatic carbocycles. The molecule has 0 bridgehead atoms. The summed E-state index contributed by atoms with van der Waals surface area (Å²) in [6.45, 7) is 2.13. The molecule has 2 heterocycles. The maximum atomic E-state index is 14.9. The molecule has 36 heavy (non-hydrogen) atoms. The van der Waals surface area contributed by atoms with Crippen LogP contribution in [0, 0.1) is 23.1 Å². The van der Waals surface area contributed by atoms with Gasteiger partial charge in [0, 0.05) is 11.1 Å². The smallest absolute Gasteiger partial charge is 0.320 e. The molecule has 0 spiro atoms. The minimum absolute atomic E-state index is 0.0777. The molecular formula is C26H26F3N5O2. The maximum absolute atomic E-state index is 14.9. The molecule has 1 aromatic carbocycles. The van der Waals surface area contributed by atoms with Gasteiger partial charge in [0.05, 0.1) is 42.2 Å². The Balaban J connectivity index is 1.57. The first kappa shape index (κ1) is 24.1. The van der Waals surface area contributed by atoms with Gasteiger partial charge in [-0.15, -0.1) is 0 Å². The van der Waals surface area contributed by atoms with Gasteiger partial charge in [0.2, 0.25) is 5.88 Å². The van der Waals surface area contributed by atoms with Crippen molar-refractivity contribution in [3.63, 3.8) is 0 Å². The monoisotopic (exact) mass is 497 g/mol. The highest BCUT2D eigenvalue weighted by atomic mass is 19.3. The highest BCUT2D eigenvalue weighted by molar-refractivity contribution is 5.88. The van der Waals surface area contributed by atoms with Gasteiger partial charge in [-0.25, -0.2) is 13.2 Å². The molecule has 0 radical (unpaired) electrons. The minimum Gasteiger partial charge on any atom is -0.481 e. The van der Waals surface area contributed by atoms with E-state index >= 15 is 0 Å². The van der Waals surface area contributed by atoms with Gasteiger partial charge in [-0.1, -0.05) is 24.6 Å². The lowest BCUT2D eigenvalue weighted by molar-refractivity contribution is 0.146. The Kier molecular flexibility index (Phi) is 6.33. The van der Waals surface area contributed by atoms with Crippen LogP contribution < -0.4 is 14.8 Å². The molecule has 1 N–H and O–H groups in total. The van der Waals surface area contributed by atoms with Crippen LogP contribution in [-0.2, 0) is 5.41 Å². The fourth-order valence-corrected chi connectivity index (χ4v) is 4.46. The van der Waals surface area contributed by atoms with Crippen molar-refractivity contribution in [1.82, 2.24) is 15.0 Å². The van der Waals surface area contributed by atoms with Crippen LogP contribution in [0.3, 0.4) is 0 Å². The molecule has 1 atom stereocenters. The second kappa shape index (κ2) is 9.45. The van der Waals surface area contributed by atoms with Crippen molar-refractivity contribution in [1.29, 1.82) is 5.26 Å². The second-order valence-electron chi connectivity index (χ2n) is 9.49. The summed E-state index contributed by atoms with van der Waals surface area (Å²) in [6.07, 6.45) is 1.77. The maximum Gasteiger partial charge on any atom is 0.320 e. The number of hydrogen-bond donors (Lipinski definition) is 1. The third-order valence-corrected chi connectivity index (χ3v) is 7.09. The number of anilines is 1. The Morgan fingerprint density at radius 1 is 1.19 bits per heavy atom. The third-order valence-electron chi connectivity index (χ3n) is 7.09. The molecule has 5 rings (SSSR count). The molecule has 2 aliphatic rings. The number of fused-ring (bicyclic) bond motifs is 1. The van der Waals surface area contributed by atoms with E-state index in [1.54, 1.807) is 13.0 Å². The fraction of sp³-hybridized carbons (Fsp3) is 0.462. The molecule has 2 saturated carbocycles. The van der Waals surface area contributed by atoms with Crippen molar-refractivity contribution in [2.75, 3.05) is 19.0 Å². The van der Waals surface area contributed by atoms with Crippen molar-refractivity contribution in [3.05, 3.63) is 46.8 Å². The summed E-state index contributed by atoms with van der Waals surface area (Å²) in [5.74, 6) is 0.0956. The standard InChI is InChI=1S/C26H26F3N5O2/c1-14(16-7-4-8-17(20(16)27)21(28)29)31-22-18-11-19(26(13-30)9-10-26)24(35-2)32-23(18)34-25(33-22)36-12-15-5-3-6-15/h4,7-8,11,14-15,21H,3,5-6,9-10,12H2,1-2H3,(H,31,32,33,34)/t14-/m1/s1. The Bertz CT molecular complexity index is 1340. The van der Waals surface area contributed by atoms with Crippen LogP contribution in [0.15, 0.2) is 24.3 Å². The van der Waals surface area contributed by atoms with Crippen molar-refractivity contribution >= 4 is 16.9 Å². The predicted molar refractivity (Wildman–Crippen MR) is 127 cm³/mol. The van der Waals surface area contributed by atoms with Gasteiger partial charge in [-0.3, -0.25) is 0 Å². The molecule has 0 saturated heterocycles. The highest BCUT2D eigenvalue weighted by Gasteiger charge is 2.47. The third kappa shape index (κ3) is 4.38. The number of ether oxygens (including phenoxy) is 2. The number of nitriles is 1. The van der Waals surface area contributed by atoms with E-state index in [0.29, 0.717) is 53.7 Å². The number of alkyl halides is 2. The SMILES string of the molecule is COc1nc2nc(OCC3CCC3)nc(N[C@H](C)c3cccc(C(F)F)c3F)c2cc1C1(C#N)CC1. The van der Waals surface area contributed by atoms with E-state index in [4.69, 9.17) is 9.47 Å². The van der Waals surface area contributed by atoms with Gasteiger partial charge in [0.25, 0.3) is 6.43 Å². The van der Waals surface area contributed by atoms with E-state index in [1.165, 1.54) is 25.7 Å². The van der Waals surface area contributed by atoms with Crippen molar-refractivity contribution in [2.24, 2.45) is 5.92 Å². The van der Waals surface area contributed by atoms with Crippen LogP contribution in [0.4, 0.5) is 19.0 Å². The van der Waals surface area contributed by atoms with E-state index in [-0.39, 0.29) is 11.6 Å². The van der Waals surface area contributed by atoms with Gasteiger partial charge in [0.1, 0.15) is 11.6 Å². The largest absolute Gasteiger partial charge is 0.481 e. The normalized spacial score (nSPS) is 17.4. The van der Waals surface area contributed by atoms with Gasteiger partial charge in [-0.05, 0) is 44.6 Å². The highest BCUT2D eigenvalue weighted by Crippen LogP contribution is 2.51. The topological polar surface area (TPSA) is 93.0 Å². The molecule has 188 valence electrons. The first-order valence-corrected chi connectivity index (χ1v) is 12.0. The van der Waals surface area contributed by atoms with Gasteiger partial charge < -0.3 is 14.8 Å². The number of benzene rings is 1. The van der Waals surface area contributed by atoms with Crippen LogP contribution in [0.5, 0.6) is 11.9 Å². The van der Waals surface area contributed by atoms with Crippen LogP contribution in [-0.4, -0.2) is 28.7 Å². The fourth-order valence-electron chi connectivity index (χ4n) is 4.46. The summed E-state index contributed by atoms with van der Waals surface area (Å²) < 4.78 is 52.7. The Hall–Kier alpha value is -3.61. The van der Waals surface area contributed by atoms with E-state index in [9.17, 15) is 18.4 Å². The van der Waals surface area contributed by atoms with Gasteiger partial charge >= 0.3 is 6.01 Å². The average Bonchev–Trinajstić information content (AvgIpc) is 3.63. The summed E-state index contributed by atoms with van der Waals surface area (Å²) in [5.41, 5.74) is -0.342. The second-order valence-corrected chi connectivity index (χ2v) is 9.49. The van der Waals surface area contributed by atoms with Crippen LogP contribution in [0.1, 0.15) is 68.2 Å². The van der Waals surface area contributed by atoms with Crippen LogP contribution >= 0.6 is 0 Å². The quantitative estimate of drug-likeness (QED) is 0.387. The molecular weight excluding hydrogens is 471 g/mol. The van der Waals surface area contributed by atoms with E-state index in [0.717, 1.165) is 18.9 Å². The molecule has 2 aromatic heterocycles. The van der Waals surface area contributed by atoms with E-state index < -0.39 is 29.3 Å². The molecule has 0 aliphatic heterocycles. The lowest BCUT2D eigenvalue weighted by Crippen LogP contribution is -2.20. The van der Waals surface area contributed by atoms with Crippen LogP contribution in [0.2, 0.25) is 0 Å². The van der Waals surface area contributed by atoms with Gasteiger partial charge in [0.15, 0.2) is 5.65 Å². The Labute approximate surface area is 206 Å². The zero-order valence-corrected chi connectivity index (χ0v) is 20.0. The van der Waals surface area contributed by atoms with Crippen molar-refractivity contribution < 1.29 is 22.6 Å². The molecule has 7 nitrogen and oxygen atoms in total. The van der Waals surface area contributed by atoms with Crippen molar-refractivity contribution in [2.45, 2.75) is 56.9 Å². The first-order valence-electron chi connectivity index (χ1n) is 12.0. The number of hydrogen-bond acceptors (Lipinski definition) is 7. The lowest BCUT2D eigenvalue weighted by Gasteiger charge is -2.25. The molecule has 2 fully saturated rings. The number of rotatable bonds is 9. The van der Waals surface area contributed by atoms with Gasteiger partial charge in [-0.2, -0.15) is 20.2 Å². The Morgan fingerprint density at radius 3 is 2.56 bits per heavy atom. The first-order chi connectivity index (χ1) is 17.3. The van der Waals surface area contributed by atoms with Crippen molar-refractivity contribution in [3.8, 4) is 18.0 Å². The number of aromatic nitrogens is 3. The zero-order valence-electron chi connectivity index (χ0n) is 20.0. The lowest BCUT2D eigenvalue weighted by atomic mass is 9.86. The Morgan fingerprint density at radius 2 is 1.94 bits per heavy atom. The summed E-state index contributed by atoms with van der Waals surface area (Å²) in [6, 6.07) is 7.44. The zero-order chi connectivity index (χ0) is 25.4. The van der Waals surface area contributed by atoms with E-state index in [1.807, 2.05) is 0 Å². The number of nitrogens with one attached hydrogen (secondary N) is 1. The number of halogens is 3. The summed E-state index contributed by atoms with van der Waals surface area (Å²) in [5, 5.41) is 13.4. The number of methoxy groups -OCH3 is 1. The minimum atomic E-state index is -2.93. The molecule has 0 unspecified atom stereocenters. The molecule has 10 heteroatoms. The predicted octanol–water partition coefficient (Wildman–Crippen LogP) is 6.02. The summed E-state index contributed by atoms with van der Waals surface area (Å²) in [7, 11) is 1.49. The van der Waals surface area contributed by atoms with Crippen LogP contribution in [0.25, 0.3) is 11.0 Å². The number of nitrogens with zero attached hydrogens (tertiary/aromatic N) is 4.